The lowest BCUT2D eigenvalue weighted by molar-refractivity contribution is 0.0474. The van der Waals surface area contributed by atoms with Crippen LogP contribution in [0.15, 0.2) is 47.2 Å². The standard InChI is InChI=1S/C13H11BrN2O2/c14-10-3-1-2-9(6-10)8-18-13(17)11-4-5-16-7-12(11)15/h1-7H,8,15H2. The number of pyridine rings is 1. The van der Waals surface area contributed by atoms with Crippen molar-refractivity contribution in [3.63, 3.8) is 0 Å². The summed E-state index contributed by atoms with van der Waals surface area (Å²) in [7, 11) is 0. The van der Waals surface area contributed by atoms with Gasteiger partial charge in [-0.2, -0.15) is 0 Å². The quantitative estimate of drug-likeness (QED) is 0.886. The molecule has 92 valence electrons. The highest BCUT2D eigenvalue weighted by atomic mass is 79.9. The molecule has 4 nitrogen and oxygen atoms in total. The summed E-state index contributed by atoms with van der Waals surface area (Å²) in [6, 6.07) is 9.11. The van der Waals surface area contributed by atoms with E-state index in [4.69, 9.17) is 10.5 Å². The molecule has 2 aromatic rings. The fourth-order valence-electron chi connectivity index (χ4n) is 1.45. The molecule has 1 aromatic heterocycles. The first kappa shape index (κ1) is 12.6. The second-order valence-corrected chi connectivity index (χ2v) is 4.58. The van der Waals surface area contributed by atoms with Crippen molar-refractivity contribution in [3.05, 3.63) is 58.3 Å². The highest BCUT2D eigenvalue weighted by Crippen LogP contribution is 2.14. The molecule has 18 heavy (non-hydrogen) atoms. The van der Waals surface area contributed by atoms with Crippen LogP contribution < -0.4 is 5.73 Å². The maximum atomic E-state index is 11.8. The van der Waals surface area contributed by atoms with E-state index in [0.29, 0.717) is 11.3 Å². The van der Waals surface area contributed by atoms with Gasteiger partial charge in [0, 0.05) is 10.7 Å². The molecule has 0 spiro atoms. The molecule has 0 aliphatic carbocycles. The van der Waals surface area contributed by atoms with Gasteiger partial charge in [-0.1, -0.05) is 28.1 Å². The molecule has 1 heterocycles. The number of nitrogens with two attached hydrogens (primary N) is 1. The van der Waals surface area contributed by atoms with Crippen LogP contribution in [0.2, 0.25) is 0 Å². The van der Waals surface area contributed by atoms with Crippen molar-refractivity contribution >= 4 is 27.6 Å². The van der Waals surface area contributed by atoms with Gasteiger partial charge in [0.15, 0.2) is 0 Å². The number of aromatic nitrogens is 1. The molecule has 0 aliphatic rings. The fourth-order valence-corrected chi connectivity index (χ4v) is 1.89. The van der Waals surface area contributed by atoms with E-state index in [1.54, 1.807) is 6.07 Å². The number of nitrogens with zero attached hydrogens (tertiary/aromatic N) is 1. The molecule has 0 bridgehead atoms. The Hall–Kier alpha value is -1.88. The van der Waals surface area contributed by atoms with Crippen LogP contribution in [0.1, 0.15) is 15.9 Å². The number of rotatable bonds is 3. The van der Waals surface area contributed by atoms with Crippen LogP contribution in [0.25, 0.3) is 0 Å². The van der Waals surface area contributed by atoms with Gasteiger partial charge in [-0.05, 0) is 23.8 Å². The summed E-state index contributed by atoms with van der Waals surface area (Å²) in [5.74, 6) is -0.449. The smallest absolute Gasteiger partial charge is 0.340 e. The van der Waals surface area contributed by atoms with Crippen LogP contribution in [0.3, 0.4) is 0 Å². The molecule has 0 fully saturated rings. The molecule has 2 rings (SSSR count). The topological polar surface area (TPSA) is 65.2 Å². The number of ether oxygens (including phenoxy) is 1. The summed E-state index contributed by atoms with van der Waals surface area (Å²) in [6.07, 6.45) is 2.93. The van der Waals surface area contributed by atoms with E-state index in [1.807, 2.05) is 24.3 Å². The van der Waals surface area contributed by atoms with Crippen molar-refractivity contribution in [2.24, 2.45) is 0 Å². The lowest BCUT2D eigenvalue weighted by Crippen LogP contribution is -2.08. The normalized spacial score (nSPS) is 10.1. The Bertz CT molecular complexity index is 572. The third-order valence-corrected chi connectivity index (χ3v) is 2.82. The SMILES string of the molecule is Nc1cnccc1C(=O)OCc1cccc(Br)c1. The molecule has 0 atom stereocenters. The van der Waals surface area contributed by atoms with Gasteiger partial charge in [0.1, 0.15) is 6.61 Å². The van der Waals surface area contributed by atoms with Gasteiger partial charge >= 0.3 is 5.97 Å². The van der Waals surface area contributed by atoms with Crippen molar-refractivity contribution in [3.8, 4) is 0 Å². The molecule has 0 amide bonds. The van der Waals surface area contributed by atoms with Crippen LogP contribution >= 0.6 is 15.9 Å². The van der Waals surface area contributed by atoms with Crippen molar-refractivity contribution in [1.82, 2.24) is 4.98 Å². The molecule has 2 N–H and O–H groups in total. The van der Waals surface area contributed by atoms with Gasteiger partial charge in [-0.15, -0.1) is 0 Å². The number of esters is 1. The second-order valence-electron chi connectivity index (χ2n) is 3.67. The lowest BCUT2D eigenvalue weighted by atomic mass is 10.2. The lowest BCUT2D eigenvalue weighted by Gasteiger charge is -2.06. The van der Waals surface area contributed by atoms with Crippen molar-refractivity contribution in [2.75, 3.05) is 5.73 Å². The van der Waals surface area contributed by atoms with Gasteiger partial charge in [0.2, 0.25) is 0 Å². The number of halogens is 1. The van der Waals surface area contributed by atoms with Gasteiger partial charge in [-0.25, -0.2) is 4.79 Å². The molecule has 1 aromatic carbocycles. The number of carbonyl (C=O) groups is 1. The van der Waals surface area contributed by atoms with E-state index in [9.17, 15) is 4.79 Å². The Morgan fingerprint density at radius 2 is 2.22 bits per heavy atom. The van der Waals surface area contributed by atoms with Crippen molar-refractivity contribution in [1.29, 1.82) is 0 Å². The van der Waals surface area contributed by atoms with Gasteiger partial charge < -0.3 is 10.5 Å². The molecular weight excluding hydrogens is 296 g/mol. The molecule has 0 unspecified atom stereocenters. The number of nitrogen functional groups attached to an aromatic ring is 1. The Morgan fingerprint density at radius 1 is 1.39 bits per heavy atom. The zero-order valence-corrected chi connectivity index (χ0v) is 11.1. The predicted molar refractivity (Wildman–Crippen MR) is 71.9 cm³/mol. The summed E-state index contributed by atoms with van der Waals surface area (Å²) in [5, 5.41) is 0. The van der Waals surface area contributed by atoms with E-state index in [2.05, 4.69) is 20.9 Å². The molecular formula is C13H11BrN2O2. The van der Waals surface area contributed by atoms with Crippen LogP contribution in [0.4, 0.5) is 5.69 Å². The largest absolute Gasteiger partial charge is 0.457 e. The Kier molecular flexibility index (Phi) is 3.94. The van der Waals surface area contributed by atoms with E-state index in [-0.39, 0.29) is 6.61 Å². The van der Waals surface area contributed by atoms with Crippen molar-refractivity contribution < 1.29 is 9.53 Å². The number of anilines is 1. The van der Waals surface area contributed by atoms with Crippen LogP contribution in [0.5, 0.6) is 0 Å². The summed E-state index contributed by atoms with van der Waals surface area (Å²) in [4.78, 5) is 15.6. The maximum absolute atomic E-state index is 11.8. The highest BCUT2D eigenvalue weighted by molar-refractivity contribution is 9.10. The number of hydrogen-bond donors (Lipinski definition) is 1. The van der Waals surface area contributed by atoms with E-state index in [0.717, 1.165) is 10.0 Å². The Balaban J connectivity index is 2.03. The first-order valence-corrected chi connectivity index (χ1v) is 6.07. The van der Waals surface area contributed by atoms with E-state index < -0.39 is 5.97 Å². The van der Waals surface area contributed by atoms with Crippen LogP contribution in [0, 0.1) is 0 Å². The van der Waals surface area contributed by atoms with Gasteiger partial charge in [0.05, 0.1) is 17.4 Å². The minimum absolute atomic E-state index is 0.208. The number of hydrogen-bond acceptors (Lipinski definition) is 4. The van der Waals surface area contributed by atoms with Gasteiger partial charge in [0.25, 0.3) is 0 Å². The predicted octanol–water partition coefficient (Wildman–Crippen LogP) is 2.78. The fraction of sp³-hybridized carbons (Fsp3) is 0.0769. The Morgan fingerprint density at radius 3 is 2.94 bits per heavy atom. The molecule has 0 radical (unpaired) electrons. The van der Waals surface area contributed by atoms with Crippen LogP contribution in [-0.4, -0.2) is 11.0 Å². The first-order chi connectivity index (χ1) is 8.66. The van der Waals surface area contributed by atoms with Gasteiger partial charge in [-0.3, -0.25) is 4.98 Å². The zero-order chi connectivity index (χ0) is 13.0. The molecule has 0 saturated carbocycles. The third-order valence-electron chi connectivity index (χ3n) is 2.33. The first-order valence-electron chi connectivity index (χ1n) is 5.28. The van der Waals surface area contributed by atoms with Crippen molar-refractivity contribution in [2.45, 2.75) is 6.61 Å². The second kappa shape index (κ2) is 5.64. The minimum Gasteiger partial charge on any atom is -0.457 e. The van der Waals surface area contributed by atoms with E-state index >= 15 is 0 Å². The summed E-state index contributed by atoms with van der Waals surface area (Å²) < 4.78 is 6.13. The van der Waals surface area contributed by atoms with Crippen LogP contribution in [-0.2, 0) is 11.3 Å². The number of carbonyl (C=O) groups excluding carboxylic acids is 1. The summed E-state index contributed by atoms with van der Waals surface area (Å²) >= 11 is 3.36. The molecule has 0 aliphatic heterocycles. The molecule has 5 heteroatoms. The summed E-state index contributed by atoms with van der Waals surface area (Å²) in [6.45, 7) is 0.208. The summed E-state index contributed by atoms with van der Waals surface area (Å²) in [5.41, 5.74) is 7.20. The molecule has 0 saturated heterocycles. The zero-order valence-electron chi connectivity index (χ0n) is 9.47. The third kappa shape index (κ3) is 3.07. The maximum Gasteiger partial charge on any atom is 0.340 e. The average molecular weight is 307 g/mol. The highest BCUT2D eigenvalue weighted by Gasteiger charge is 2.10. The van der Waals surface area contributed by atoms with E-state index in [1.165, 1.54) is 12.4 Å². The minimum atomic E-state index is -0.449. The Labute approximate surface area is 113 Å². The average Bonchev–Trinajstić information content (AvgIpc) is 2.37. The number of benzene rings is 1. The monoisotopic (exact) mass is 306 g/mol.